The highest BCUT2D eigenvalue weighted by atomic mass is 35.5. The SMILES string of the molecule is O=S(=O)(Cc1nnnn1-c1ccc(Cl)cc1)c1ccc(Cl)cc1. The Hall–Kier alpha value is -1.96. The van der Waals surface area contributed by atoms with Crippen LogP contribution in [0.2, 0.25) is 10.0 Å². The third kappa shape index (κ3) is 3.52. The molecule has 0 fully saturated rings. The minimum absolute atomic E-state index is 0.160. The van der Waals surface area contributed by atoms with Crippen LogP contribution in [0.5, 0.6) is 0 Å². The number of sulfone groups is 1. The molecule has 1 heterocycles. The molecule has 0 aliphatic rings. The fraction of sp³-hybridized carbons (Fsp3) is 0.0714. The van der Waals surface area contributed by atoms with E-state index in [1.54, 1.807) is 24.3 Å². The second kappa shape index (κ2) is 6.27. The Balaban J connectivity index is 1.93. The predicted molar refractivity (Wildman–Crippen MR) is 86.5 cm³/mol. The van der Waals surface area contributed by atoms with E-state index in [9.17, 15) is 8.42 Å². The van der Waals surface area contributed by atoms with Crippen LogP contribution in [0.4, 0.5) is 0 Å². The first-order valence-electron chi connectivity index (χ1n) is 6.47. The minimum Gasteiger partial charge on any atom is -0.223 e. The van der Waals surface area contributed by atoms with Gasteiger partial charge in [-0.05, 0) is 59.0 Å². The van der Waals surface area contributed by atoms with Gasteiger partial charge in [0, 0.05) is 10.0 Å². The molecule has 0 bridgehead atoms. The van der Waals surface area contributed by atoms with Gasteiger partial charge in [-0.25, -0.2) is 8.42 Å². The molecule has 0 radical (unpaired) electrons. The maximum absolute atomic E-state index is 12.5. The summed E-state index contributed by atoms with van der Waals surface area (Å²) >= 11 is 11.6. The summed E-state index contributed by atoms with van der Waals surface area (Å²) in [5.41, 5.74) is 0.626. The highest BCUT2D eigenvalue weighted by molar-refractivity contribution is 7.90. The van der Waals surface area contributed by atoms with Gasteiger partial charge in [0.2, 0.25) is 0 Å². The van der Waals surface area contributed by atoms with E-state index in [2.05, 4.69) is 15.5 Å². The monoisotopic (exact) mass is 368 g/mol. The average Bonchev–Trinajstić information content (AvgIpc) is 2.96. The quantitative estimate of drug-likeness (QED) is 0.707. The molecule has 0 atom stereocenters. The van der Waals surface area contributed by atoms with Gasteiger partial charge in [0.15, 0.2) is 15.7 Å². The van der Waals surface area contributed by atoms with Gasteiger partial charge < -0.3 is 0 Å². The summed E-state index contributed by atoms with van der Waals surface area (Å²) in [4.78, 5) is 0.160. The van der Waals surface area contributed by atoms with E-state index in [4.69, 9.17) is 23.2 Å². The van der Waals surface area contributed by atoms with Gasteiger partial charge in [0.25, 0.3) is 0 Å². The van der Waals surface area contributed by atoms with Crippen molar-refractivity contribution in [1.82, 2.24) is 20.2 Å². The lowest BCUT2D eigenvalue weighted by atomic mass is 10.3. The molecule has 1 aromatic heterocycles. The summed E-state index contributed by atoms with van der Waals surface area (Å²) in [5.74, 6) is -0.119. The maximum Gasteiger partial charge on any atom is 0.185 e. The van der Waals surface area contributed by atoms with Crippen LogP contribution in [-0.2, 0) is 15.6 Å². The second-order valence-electron chi connectivity index (χ2n) is 4.70. The first-order valence-corrected chi connectivity index (χ1v) is 8.88. The Morgan fingerprint density at radius 2 is 1.48 bits per heavy atom. The molecule has 0 unspecified atom stereocenters. The summed E-state index contributed by atoms with van der Waals surface area (Å²) in [6, 6.07) is 12.7. The number of aromatic nitrogens is 4. The normalized spacial score (nSPS) is 11.6. The number of hydrogen-bond donors (Lipinski definition) is 0. The lowest BCUT2D eigenvalue weighted by molar-refractivity contribution is 0.592. The zero-order valence-electron chi connectivity index (χ0n) is 11.6. The van der Waals surface area contributed by atoms with Crippen LogP contribution in [0.25, 0.3) is 5.69 Å². The Bertz CT molecular complexity index is 922. The summed E-state index contributed by atoms with van der Waals surface area (Å²) in [6.45, 7) is 0. The Labute approximate surface area is 142 Å². The van der Waals surface area contributed by atoms with Gasteiger partial charge in [0.05, 0.1) is 10.6 Å². The Morgan fingerprint density at radius 1 is 0.913 bits per heavy atom. The number of tetrazole rings is 1. The number of hydrogen-bond acceptors (Lipinski definition) is 5. The lowest BCUT2D eigenvalue weighted by Crippen LogP contribution is -2.11. The van der Waals surface area contributed by atoms with Gasteiger partial charge in [0.1, 0.15) is 5.75 Å². The van der Waals surface area contributed by atoms with Crippen molar-refractivity contribution in [3.05, 3.63) is 64.4 Å². The van der Waals surface area contributed by atoms with Gasteiger partial charge in [-0.2, -0.15) is 4.68 Å². The van der Waals surface area contributed by atoms with E-state index in [1.165, 1.54) is 28.9 Å². The molecule has 0 N–H and O–H groups in total. The summed E-state index contributed by atoms with van der Waals surface area (Å²) < 4.78 is 26.3. The maximum atomic E-state index is 12.5. The van der Waals surface area contributed by atoms with Crippen LogP contribution in [0, 0.1) is 0 Å². The van der Waals surface area contributed by atoms with E-state index in [1.807, 2.05) is 0 Å². The standard InChI is InChI=1S/C14H10Cl2N4O2S/c15-10-1-5-12(6-2-10)20-14(17-18-19-20)9-23(21,22)13-7-3-11(16)4-8-13/h1-8H,9H2. The second-order valence-corrected chi connectivity index (χ2v) is 7.56. The van der Waals surface area contributed by atoms with E-state index in [0.29, 0.717) is 15.7 Å². The van der Waals surface area contributed by atoms with Crippen molar-refractivity contribution in [2.24, 2.45) is 0 Å². The van der Waals surface area contributed by atoms with Crippen molar-refractivity contribution < 1.29 is 8.42 Å². The predicted octanol–water partition coefficient (Wildman–Crippen LogP) is 2.94. The zero-order valence-corrected chi connectivity index (χ0v) is 13.9. The van der Waals surface area contributed by atoms with Crippen LogP contribution in [0.3, 0.4) is 0 Å². The van der Waals surface area contributed by atoms with Crippen molar-refractivity contribution in [2.45, 2.75) is 10.6 Å². The third-order valence-electron chi connectivity index (χ3n) is 3.10. The molecule has 3 rings (SSSR count). The van der Waals surface area contributed by atoms with Crippen molar-refractivity contribution in [2.75, 3.05) is 0 Å². The van der Waals surface area contributed by atoms with Crippen molar-refractivity contribution in [3.8, 4) is 5.69 Å². The molecule has 6 nitrogen and oxygen atoms in total. The van der Waals surface area contributed by atoms with Crippen LogP contribution < -0.4 is 0 Å². The minimum atomic E-state index is -3.59. The molecule has 3 aromatic rings. The van der Waals surface area contributed by atoms with Crippen LogP contribution in [-0.4, -0.2) is 28.6 Å². The highest BCUT2D eigenvalue weighted by Crippen LogP contribution is 2.19. The summed E-state index contributed by atoms with van der Waals surface area (Å²) in [7, 11) is -3.59. The number of nitrogens with zero attached hydrogens (tertiary/aromatic N) is 4. The third-order valence-corrected chi connectivity index (χ3v) is 5.23. The lowest BCUT2D eigenvalue weighted by Gasteiger charge is -2.06. The molecular weight excluding hydrogens is 359 g/mol. The smallest absolute Gasteiger partial charge is 0.185 e. The van der Waals surface area contributed by atoms with E-state index >= 15 is 0 Å². The molecule has 23 heavy (non-hydrogen) atoms. The molecule has 9 heteroatoms. The number of benzene rings is 2. The molecule has 118 valence electrons. The highest BCUT2D eigenvalue weighted by Gasteiger charge is 2.20. The van der Waals surface area contributed by atoms with E-state index < -0.39 is 9.84 Å². The molecule has 0 saturated carbocycles. The van der Waals surface area contributed by atoms with E-state index in [0.717, 1.165) is 0 Å². The van der Waals surface area contributed by atoms with Crippen LogP contribution in [0.1, 0.15) is 5.82 Å². The topological polar surface area (TPSA) is 77.7 Å². The van der Waals surface area contributed by atoms with Crippen molar-refractivity contribution in [3.63, 3.8) is 0 Å². The molecule has 0 saturated heterocycles. The summed E-state index contributed by atoms with van der Waals surface area (Å²) in [5, 5.41) is 12.2. The molecule has 0 spiro atoms. The van der Waals surface area contributed by atoms with Crippen LogP contribution in [0.15, 0.2) is 53.4 Å². The summed E-state index contributed by atoms with van der Waals surface area (Å²) in [6.07, 6.45) is 0. The van der Waals surface area contributed by atoms with Gasteiger partial charge in [-0.1, -0.05) is 23.2 Å². The number of rotatable bonds is 4. The average molecular weight is 369 g/mol. The Morgan fingerprint density at radius 3 is 2.09 bits per heavy atom. The molecule has 0 aliphatic heterocycles. The zero-order chi connectivity index (χ0) is 16.4. The van der Waals surface area contributed by atoms with E-state index in [-0.39, 0.29) is 16.5 Å². The van der Waals surface area contributed by atoms with Gasteiger partial charge >= 0.3 is 0 Å². The van der Waals surface area contributed by atoms with Gasteiger partial charge in [-0.3, -0.25) is 0 Å². The van der Waals surface area contributed by atoms with Crippen molar-refractivity contribution >= 4 is 33.0 Å². The Kier molecular flexibility index (Phi) is 4.34. The number of halogens is 2. The first-order chi connectivity index (χ1) is 11.0. The van der Waals surface area contributed by atoms with Gasteiger partial charge in [-0.15, -0.1) is 5.10 Å². The largest absolute Gasteiger partial charge is 0.223 e. The molecule has 2 aromatic carbocycles. The molecule has 0 aliphatic carbocycles. The first kappa shape index (κ1) is 15.9. The van der Waals surface area contributed by atoms with Crippen molar-refractivity contribution in [1.29, 1.82) is 0 Å². The molecular formula is C14H10Cl2N4O2S. The molecule has 0 amide bonds. The fourth-order valence-electron chi connectivity index (χ4n) is 1.97. The van der Waals surface area contributed by atoms with Crippen LogP contribution >= 0.6 is 23.2 Å². The fourth-order valence-corrected chi connectivity index (χ4v) is 3.46.